The summed E-state index contributed by atoms with van der Waals surface area (Å²) in [6, 6.07) is 8.73. The van der Waals surface area contributed by atoms with Crippen LogP contribution in [0.15, 0.2) is 54.3 Å². The molecule has 0 spiro atoms. The van der Waals surface area contributed by atoms with Gasteiger partial charge in [-0.2, -0.15) is 0 Å². The Morgan fingerprint density at radius 2 is 1.97 bits per heavy atom. The van der Waals surface area contributed by atoms with E-state index in [1.807, 2.05) is 48.9 Å². The number of hydrogen-bond acceptors (Lipinski definition) is 8. The molecule has 39 heavy (non-hydrogen) atoms. The number of benzene rings is 1. The van der Waals surface area contributed by atoms with Crippen molar-refractivity contribution in [2.75, 3.05) is 26.9 Å². The minimum atomic E-state index is -0.729. The smallest absolute Gasteiger partial charge is 0.417 e. The molecular formula is C29H33N3O7. The molecule has 10 nitrogen and oxygen atoms in total. The number of esters is 2. The van der Waals surface area contributed by atoms with Crippen LogP contribution in [0.25, 0.3) is 10.9 Å². The number of rotatable bonds is 7. The van der Waals surface area contributed by atoms with Gasteiger partial charge in [0.2, 0.25) is 0 Å². The predicted molar refractivity (Wildman–Crippen MR) is 141 cm³/mol. The zero-order valence-corrected chi connectivity index (χ0v) is 22.5. The average molecular weight is 536 g/mol. The van der Waals surface area contributed by atoms with Crippen LogP contribution in [0.1, 0.15) is 45.0 Å². The number of carbonyl (C=O) groups excluding carboxylic acids is 4. The molecule has 0 radical (unpaired) electrons. The van der Waals surface area contributed by atoms with Crippen LogP contribution in [0.3, 0.4) is 0 Å². The first-order chi connectivity index (χ1) is 18.7. The first-order valence-electron chi connectivity index (χ1n) is 13.2. The number of carbonyl (C=O) groups is 4. The number of methoxy groups -OCH3 is 1. The molecule has 1 fully saturated rings. The average Bonchev–Trinajstić information content (AvgIpc) is 3.49. The third-order valence-electron chi connectivity index (χ3n) is 7.83. The Labute approximate surface area is 226 Å². The van der Waals surface area contributed by atoms with Crippen molar-refractivity contribution in [3.63, 3.8) is 0 Å². The Balaban J connectivity index is 1.65. The standard InChI is InChI=1S/C29H33N3O7/c1-17(2)25-16-39-29(36)32(25)28(35)27-21-14-23(24-13-19-7-5-6-8-22(19)31(24)27)30(11-12-38-18(3)33)15-20(21)9-10-26(34)37-4/h5-10,13,15,17,21,23,25,27H,11-12,14,16H2,1-4H3/b10-9+/t21-,23-,25+,27+/m0/s1. The highest BCUT2D eigenvalue weighted by Crippen LogP contribution is 2.50. The molecule has 2 bridgehead atoms. The molecule has 10 heteroatoms. The largest absolute Gasteiger partial charge is 0.466 e. The number of allylic oxidation sites excluding steroid dienone is 2. The molecule has 0 unspecified atom stereocenters. The van der Waals surface area contributed by atoms with Gasteiger partial charge in [-0.25, -0.2) is 14.5 Å². The zero-order chi connectivity index (χ0) is 27.8. The third-order valence-corrected chi connectivity index (χ3v) is 7.83. The van der Waals surface area contributed by atoms with Crippen LogP contribution in [0.5, 0.6) is 0 Å². The molecule has 3 aliphatic heterocycles. The molecule has 4 heterocycles. The van der Waals surface area contributed by atoms with Crippen molar-refractivity contribution in [2.24, 2.45) is 11.8 Å². The van der Waals surface area contributed by atoms with Gasteiger partial charge in [0, 0.05) is 36.3 Å². The summed E-state index contributed by atoms with van der Waals surface area (Å²) in [6.45, 7) is 6.09. The molecule has 2 amide bonds. The van der Waals surface area contributed by atoms with Crippen molar-refractivity contribution in [2.45, 2.75) is 45.3 Å². The second-order valence-corrected chi connectivity index (χ2v) is 10.5. The van der Waals surface area contributed by atoms with Crippen LogP contribution in [0.2, 0.25) is 0 Å². The van der Waals surface area contributed by atoms with Gasteiger partial charge < -0.3 is 23.7 Å². The van der Waals surface area contributed by atoms with E-state index in [9.17, 15) is 19.2 Å². The molecule has 0 N–H and O–H groups in total. The highest BCUT2D eigenvalue weighted by atomic mass is 16.6. The van der Waals surface area contributed by atoms with Crippen LogP contribution in [-0.4, -0.2) is 71.2 Å². The lowest BCUT2D eigenvalue weighted by atomic mass is 9.77. The van der Waals surface area contributed by atoms with Gasteiger partial charge >= 0.3 is 18.0 Å². The number of cyclic esters (lactones) is 1. The molecule has 0 saturated carbocycles. The number of imide groups is 1. The summed E-state index contributed by atoms with van der Waals surface area (Å²) >= 11 is 0. The lowest BCUT2D eigenvalue weighted by Crippen LogP contribution is -2.51. The fourth-order valence-electron chi connectivity index (χ4n) is 5.95. The maximum Gasteiger partial charge on any atom is 0.417 e. The quantitative estimate of drug-likeness (QED) is 0.300. The first kappa shape index (κ1) is 26.5. The van der Waals surface area contributed by atoms with Gasteiger partial charge in [0.15, 0.2) is 0 Å². The Hall–Kier alpha value is -4.08. The van der Waals surface area contributed by atoms with Crippen molar-refractivity contribution in [1.29, 1.82) is 0 Å². The summed E-state index contributed by atoms with van der Waals surface area (Å²) in [4.78, 5) is 54.1. The number of fused-ring (bicyclic) bond motifs is 6. The van der Waals surface area contributed by atoms with Gasteiger partial charge in [0.05, 0.1) is 25.7 Å². The molecule has 1 aromatic heterocycles. The van der Waals surface area contributed by atoms with Crippen LogP contribution in [-0.2, 0) is 28.6 Å². The number of nitrogens with zero attached hydrogens (tertiary/aromatic N) is 3. The van der Waals surface area contributed by atoms with Gasteiger partial charge in [0.1, 0.15) is 19.3 Å². The minimum Gasteiger partial charge on any atom is -0.466 e. The van der Waals surface area contributed by atoms with Crippen molar-refractivity contribution in [1.82, 2.24) is 14.4 Å². The second kappa shape index (κ2) is 10.6. The number of ether oxygens (including phenoxy) is 3. The van der Waals surface area contributed by atoms with E-state index in [4.69, 9.17) is 14.2 Å². The third kappa shape index (κ3) is 4.79. The van der Waals surface area contributed by atoms with E-state index < -0.39 is 18.1 Å². The fraction of sp³-hybridized carbons (Fsp3) is 0.448. The zero-order valence-electron chi connectivity index (χ0n) is 22.5. The number of hydrogen-bond donors (Lipinski definition) is 0. The molecule has 3 aliphatic rings. The van der Waals surface area contributed by atoms with E-state index in [1.165, 1.54) is 25.0 Å². The monoisotopic (exact) mass is 535 g/mol. The van der Waals surface area contributed by atoms with E-state index >= 15 is 0 Å². The lowest BCUT2D eigenvalue weighted by molar-refractivity contribution is -0.142. The van der Waals surface area contributed by atoms with Gasteiger partial charge in [0.25, 0.3) is 5.91 Å². The van der Waals surface area contributed by atoms with Gasteiger partial charge in [-0.15, -0.1) is 0 Å². The van der Waals surface area contributed by atoms with Crippen molar-refractivity contribution >= 4 is 34.8 Å². The minimum absolute atomic E-state index is 0.0231. The summed E-state index contributed by atoms with van der Waals surface area (Å²) in [5.41, 5.74) is 2.57. The Morgan fingerprint density at radius 3 is 2.69 bits per heavy atom. The van der Waals surface area contributed by atoms with Crippen LogP contribution < -0.4 is 0 Å². The SMILES string of the molecule is COC(=O)/C=C/C1=CN(CCOC(C)=O)[C@H]2C[C@@H]1[C@H](C(=O)N1C(=O)OC[C@@H]1C(C)C)n1c2cc2ccccc21. The molecule has 1 saturated heterocycles. The maximum absolute atomic E-state index is 14.4. The summed E-state index contributed by atoms with van der Waals surface area (Å²) in [7, 11) is 1.31. The van der Waals surface area contributed by atoms with Crippen LogP contribution in [0, 0.1) is 11.8 Å². The summed E-state index contributed by atoms with van der Waals surface area (Å²) in [5.74, 6) is -1.51. The van der Waals surface area contributed by atoms with E-state index in [0.29, 0.717) is 13.0 Å². The molecule has 0 aliphatic carbocycles. The number of aromatic nitrogens is 1. The summed E-state index contributed by atoms with van der Waals surface area (Å²) in [5, 5.41) is 0.980. The second-order valence-electron chi connectivity index (χ2n) is 10.5. The molecule has 2 aromatic rings. The molecule has 4 atom stereocenters. The highest BCUT2D eigenvalue weighted by Gasteiger charge is 2.50. The first-order valence-corrected chi connectivity index (χ1v) is 13.2. The van der Waals surface area contributed by atoms with Crippen LogP contribution >= 0.6 is 0 Å². The lowest BCUT2D eigenvalue weighted by Gasteiger charge is -2.47. The summed E-state index contributed by atoms with van der Waals surface area (Å²) < 4.78 is 17.4. The van der Waals surface area contributed by atoms with Gasteiger partial charge in [-0.1, -0.05) is 32.0 Å². The van der Waals surface area contributed by atoms with E-state index in [0.717, 1.165) is 22.2 Å². The predicted octanol–water partition coefficient (Wildman–Crippen LogP) is 3.74. The molecular weight excluding hydrogens is 502 g/mol. The van der Waals surface area contributed by atoms with E-state index in [2.05, 4.69) is 11.0 Å². The van der Waals surface area contributed by atoms with Gasteiger partial charge in [-0.3, -0.25) is 9.59 Å². The Bertz CT molecular complexity index is 1370. The van der Waals surface area contributed by atoms with Crippen molar-refractivity contribution in [3.05, 3.63) is 60.0 Å². The number of para-hydroxylation sites is 1. The number of amides is 2. The molecule has 206 valence electrons. The summed E-state index contributed by atoms with van der Waals surface area (Å²) in [6.07, 6.45) is 4.87. The normalized spacial score (nSPS) is 24.1. The Morgan fingerprint density at radius 1 is 1.21 bits per heavy atom. The Kier molecular flexibility index (Phi) is 7.20. The van der Waals surface area contributed by atoms with E-state index in [1.54, 1.807) is 6.08 Å². The molecule has 5 rings (SSSR count). The van der Waals surface area contributed by atoms with Crippen molar-refractivity contribution in [3.8, 4) is 0 Å². The molecule has 1 aromatic carbocycles. The van der Waals surface area contributed by atoms with Crippen molar-refractivity contribution < 1.29 is 33.4 Å². The van der Waals surface area contributed by atoms with E-state index in [-0.39, 0.29) is 49.0 Å². The highest BCUT2D eigenvalue weighted by molar-refractivity contribution is 5.97. The van der Waals surface area contributed by atoms with Crippen LogP contribution in [0.4, 0.5) is 4.79 Å². The maximum atomic E-state index is 14.4. The van der Waals surface area contributed by atoms with Gasteiger partial charge in [-0.05, 0) is 41.5 Å². The topological polar surface area (TPSA) is 107 Å². The fourth-order valence-corrected chi connectivity index (χ4v) is 5.95.